The van der Waals surface area contributed by atoms with Gasteiger partial charge in [-0.3, -0.25) is 0 Å². The Balaban J connectivity index is 2.10. The average Bonchev–Trinajstić information content (AvgIpc) is 2.31. The molecule has 0 N–H and O–H groups in total. The molecule has 17 heavy (non-hydrogen) atoms. The molecule has 0 aliphatic heterocycles. The molecular weight excluding hydrogens is 208 g/mol. The molecule has 0 spiro atoms. The largest absolute Gasteiger partial charge is 0.494 e. The Labute approximate surface area is 104 Å². The van der Waals surface area contributed by atoms with Crippen LogP contribution in [0.25, 0.3) is 5.57 Å². The lowest BCUT2D eigenvalue weighted by Crippen LogP contribution is -2.13. The quantitative estimate of drug-likeness (QED) is 0.732. The first kappa shape index (κ1) is 12.2. The Hall–Kier alpha value is -1.24. The van der Waals surface area contributed by atoms with Crippen LogP contribution in [-0.4, -0.2) is 6.61 Å². The first-order valence-electron chi connectivity index (χ1n) is 6.53. The van der Waals surface area contributed by atoms with Gasteiger partial charge in [0.25, 0.3) is 0 Å². The van der Waals surface area contributed by atoms with Crippen molar-refractivity contribution in [2.24, 2.45) is 5.41 Å². The highest BCUT2D eigenvalue weighted by atomic mass is 16.5. The smallest absolute Gasteiger partial charge is 0.119 e. The van der Waals surface area contributed by atoms with E-state index in [9.17, 15) is 0 Å². The van der Waals surface area contributed by atoms with Crippen LogP contribution in [0.4, 0.5) is 0 Å². The fourth-order valence-electron chi connectivity index (χ4n) is 2.27. The molecule has 1 nitrogen and oxygen atoms in total. The summed E-state index contributed by atoms with van der Waals surface area (Å²) in [5, 5.41) is 0. The normalized spacial score (nSPS) is 18.6. The minimum atomic E-state index is 0.481. The summed E-state index contributed by atoms with van der Waals surface area (Å²) < 4.78 is 5.46. The molecule has 0 unspecified atom stereocenters. The minimum absolute atomic E-state index is 0.481. The van der Waals surface area contributed by atoms with Gasteiger partial charge < -0.3 is 4.74 Å². The van der Waals surface area contributed by atoms with Crippen molar-refractivity contribution in [3.8, 4) is 5.75 Å². The molecule has 0 saturated carbocycles. The maximum Gasteiger partial charge on any atom is 0.119 e. The van der Waals surface area contributed by atoms with E-state index < -0.39 is 0 Å². The summed E-state index contributed by atoms with van der Waals surface area (Å²) in [7, 11) is 0. The second-order valence-electron chi connectivity index (χ2n) is 5.56. The van der Waals surface area contributed by atoms with Crippen molar-refractivity contribution in [1.82, 2.24) is 0 Å². The van der Waals surface area contributed by atoms with Gasteiger partial charge in [-0.05, 0) is 54.9 Å². The molecule has 0 atom stereocenters. The van der Waals surface area contributed by atoms with Crippen molar-refractivity contribution >= 4 is 5.57 Å². The van der Waals surface area contributed by atoms with Gasteiger partial charge in [0.15, 0.2) is 0 Å². The van der Waals surface area contributed by atoms with Crippen LogP contribution in [0.15, 0.2) is 30.3 Å². The first-order chi connectivity index (χ1) is 8.11. The summed E-state index contributed by atoms with van der Waals surface area (Å²) in [5.41, 5.74) is 3.32. The fourth-order valence-corrected chi connectivity index (χ4v) is 2.27. The monoisotopic (exact) mass is 230 g/mol. The number of benzene rings is 1. The molecule has 0 saturated heterocycles. The van der Waals surface area contributed by atoms with Gasteiger partial charge in [-0.1, -0.05) is 32.1 Å². The number of hydrogen-bond acceptors (Lipinski definition) is 1. The number of ether oxygens (including phenoxy) is 1. The van der Waals surface area contributed by atoms with Crippen LogP contribution < -0.4 is 4.74 Å². The third kappa shape index (κ3) is 3.12. The fraction of sp³-hybridized carbons (Fsp3) is 0.500. The molecular formula is C16H22O. The highest BCUT2D eigenvalue weighted by molar-refractivity contribution is 5.66. The summed E-state index contributed by atoms with van der Waals surface area (Å²) >= 11 is 0. The summed E-state index contributed by atoms with van der Waals surface area (Å²) in [4.78, 5) is 0. The lowest BCUT2D eigenvalue weighted by molar-refractivity contribution is 0.334. The van der Waals surface area contributed by atoms with Crippen LogP contribution in [-0.2, 0) is 0 Å². The summed E-state index contributed by atoms with van der Waals surface area (Å²) in [6, 6.07) is 8.49. The van der Waals surface area contributed by atoms with Gasteiger partial charge in [-0.25, -0.2) is 0 Å². The van der Waals surface area contributed by atoms with Gasteiger partial charge in [0.2, 0.25) is 0 Å². The van der Waals surface area contributed by atoms with E-state index in [0.29, 0.717) is 5.41 Å². The maximum absolute atomic E-state index is 5.46. The molecule has 1 aliphatic rings. The molecule has 1 aromatic rings. The van der Waals surface area contributed by atoms with Gasteiger partial charge in [-0.15, -0.1) is 0 Å². The number of hydrogen-bond donors (Lipinski definition) is 0. The molecule has 0 fully saturated rings. The molecule has 0 aromatic heterocycles. The molecule has 0 amide bonds. The highest BCUT2D eigenvalue weighted by Gasteiger charge is 2.21. The zero-order chi connectivity index (χ0) is 12.3. The maximum atomic E-state index is 5.46. The molecule has 0 radical (unpaired) electrons. The lowest BCUT2D eigenvalue weighted by Gasteiger charge is -2.28. The summed E-state index contributed by atoms with van der Waals surface area (Å²) in [6.07, 6.45) is 6.07. The van der Waals surface area contributed by atoms with E-state index in [0.717, 1.165) is 12.4 Å². The topological polar surface area (TPSA) is 9.23 Å². The average molecular weight is 230 g/mol. The predicted molar refractivity (Wildman–Crippen MR) is 73.2 cm³/mol. The zero-order valence-electron chi connectivity index (χ0n) is 11.1. The van der Waals surface area contributed by atoms with Gasteiger partial charge in [0.1, 0.15) is 5.75 Å². The van der Waals surface area contributed by atoms with Crippen LogP contribution in [0.1, 0.15) is 45.6 Å². The van der Waals surface area contributed by atoms with Crippen molar-refractivity contribution in [2.75, 3.05) is 6.61 Å². The predicted octanol–water partition coefficient (Wildman–Crippen LogP) is 4.68. The summed E-state index contributed by atoms with van der Waals surface area (Å²) in [6.45, 7) is 7.44. The summed E-state index contributed by atoms with van der Waals surface area (Å²) in [5.74, 6) is 0.966. The van der Waals surface area contributed by atoms with Crippen LogP contribution in [0.3, 0.4) is 0 Å². The van der Waals surface area contributed by atoms with E-state index in [4.69, 9.17) is 4.74 Å². The van der Waals surface area contributed by atoms with Crippen molar-refractivity contribution in [2.45, 2.75) is 40.0 Å². The first-order valence-corrected chi connectivity index (χ1v) is 6.53. The minimum Gasteiger partial charge on any atom is -0.494 e. The van der Waals surface area contributed by atoms with E-state index in [-0.39, 0.29) is 0 Å². The molecule has 1 aliphatic carbocycles. The Bertz CT molecular complexity index is 398. The number of rotatable bonds is 3. The van der Waals surface area contributed by atoms with Gasteiger partial charge in [0.05, 0.1) is 6.61 Å². The van der Waals surface area contributed by atoms with E-state index in [1.807, 2.05) is 6.92 Å². The van der Waals surface area contributed by atoms with Crippen molar-refractivity contribution in [1.29, 1.82) is 0 Å². The second kappa shape index (κ2) is 4.95. The Morgan fingerprint density at radius 3 is 2.41 bits per heavy atom. The molecule has 1 aromatic carbocycles. The van der Waals surface area contributed by atoms with E-state index in [2.05, 4.69) is 44.2 Å². The standard InChI is InChI=1S/C16H22O/c1-4-17-15-7-5-13(6-8-15)14-9-11-16(2,3)12-10-14/h5-9H,4,10-12H2,1-3H3. The zero-order valence-corrected chi connectivity index (χ0v) is 11.1. The molecule has 0 bridgehead atoms. The van der Waals surface area contributed by atoms with Crippen LogP contribution in [0.2, 0.25) is 0 Å². The Morgan fingerprint density at radius 1 is 1.18 bits per heavy atom. The molecule has 0 heterocycles. The van der Waals surface area contributed by atoms with Crippen LogP contribution in [0, 0.1) is 5.41 Å². The Morgan fingerprint density at radius 2 is 1.88 bits per heavy atom. The lowest BCUT2D eigenvalue weighted by atomic mass is 9.77. The van der Waals surface area contributed by atoms with Crippen molar-refractivity contribution in [3.05, 3.63) is 35.9 Å². The second-order valence-corrected chi connectivity index (χ2v) is 5.56. The highest BCUT2D eigenvalue weighted by Crippen LogP contribution is 2.38. The van der Waals surface area contributed by atoms with Crippen LogP contribution >= 0.6 is 0 Å². The third-order valence-corrected chi connectivity index (χ3v) is 3.51. The van der Waals surface area contributed by atoms with Crippen LogP contribution in [0.5, 0.6) is 5.75 Å². The number of allylic oxidation sites excluding steroid dienone is 2. The SMILES string of the molecule is CCOc1ccc(C2=CCC(C)(C)CC2)cc1. The molecule has 92 valence electrons. The van der Waals surface area contributed by atoms with Gasteiger partial charge >= 0.3 is 0 Å². The van der Waals surface area contributed by atoms with Crippen molar-refractivity contribution in [3.63, 3.8) is 0 Å². The van der Waals surface area contributed by atoms with Crippen molar-refractivity contribution < 1.29 is 4.74 Å². The molecule has 2 rings (SSSR count). The molecule has 1 heteroatoms. The van der Waals surface area contributed by atoms with Gasteiger partial charge in [0, 0.05) is 0 Å². The Kier molecular flexibility index (Phi) is 3.56. The van der Waals surface area contributed by atoms with E-state index in [1.165, 1.54) is 30.4 Å². The van der Waals surface area contributed by atoms with E-state index in [1.54, 1.807) is 0 Å². The van der Waals surface area contributed by atoms with Gasteiger partial charge in [-0.2, -0.15) is 0 Å². The van der Waals surface area contributed by atoms with E-state index >= 15 is 0 Å². The third-order valence-electron chi connectivity index (χ3n) is 3.51.